The monoisotopic (exact) mass is 261 g/mol. The summed E-state index contributed by atoms with van der Waals surface area (Å²) in [5.41, 5.74) is 2.18. The van der Waals surface area contributed by atoms with Crippen LogP contribution in [-0.4, -0.2) is 10.1 Å². The molecule has 0 aliphatic carbocycles. The molecule has 2 rings (SSSR count). The molecular weight excluding hydrogens is 242 g/mol. The molecule has 2 aromatic heterocycles. The zero-order chi connectivity index (χ0) is 13.0. The summed E-state index contributed by atoms with van der Waals surface area (Å²) in [5, 5.41) is 10.2. The SMILES string of the molecule is CCc1ccc(CC(O)c2ccc(CC)s2)nc1. The van der Waals surface area contributed by atoms with Gasteiger partial charge in [-0.15, -0.1) is 11.3 Å². The third-order valence-electron chi connectivity index (χ3n) is 3.06. The normalized spacial score (nSPS) is 12.6. The van der Waals surface area contributed by atoms with Crippen LogP contribution in [-0.2, 0) is 19.3 Å². The molecule has 0 aliphatic rings. The largest absolute Gasteiger partial charge is 0.387 e. The zero-order valence-corrected chi connectivity index (χ0v) is 11.7. The van der Waals surface area contributed by atoms with Crippen LogP contribution in [0.5, 0.6) is 0 Å². The smallest absolute Gasteiger partial charge is 0.0937 e. The molecule has 0 fully saturated rings. The van der Waals surface area contributed by atoms with Crippen molar-refractivity contribution in [3.05, 3.63) is 51.5 Å². The van der Waals surface area contributed by atoms with Crippen LogP contribution in [0.4, 0.5) is 0 Å². The van der Waals surface area contributed by atoms with Crippen molar-refractivity contribution < 1.29 is 5.11 Å². The van der Waals surface area contributed by atoms with E-state index in [1.54, 1.807) is 11.3 Å². The van der Waals surface area contributed by atoms with Crippen molar-refractivity contribution in [1.82, 2.24) is 4.98 Å². The van der Waals surface area contributed by atoms with Crippen LogP contribution in [0.15, 0.2) is 30.5 Å². The van der Waals surface area contributed by atoms with Crippen molar-refractivity contribution in [2.75, 3.05) is 0 Å². The van der Waals surface area contributed by atoms with Gasteiger partial charge < -0.3 is 5.11 Å². The van der Waals surface area contributed by atoms with E-state index in [1.807, 2.05) is 18.3 Å². The van der Waals surface area contributed by atoms with E-state index in [0.717, 1.165) is 23.4 Å². The molecule has 0 spiro atoms. The number of pyridine rings is 1. The lowest BCUT2D eigenvalue weighted by Crippen LogP contribution is -2.01. The highest BCUT2D eigenvalue weighted by atomic mass is 32.1. The van der Waals surface area contributed by atoms with E-state index < -0.39 is 6.10 Å². The van der Waals surface area contributed by atoms with Crippen molar-refractivity contribution in [3.63, 3.8) is 0 Å². The van der Waals surface area contributed by atoms with Crippen molar-refractivity contribution in [2.24, 2.45) is 0 Å². The van der Waals surface area contributed by atoms with Gasteiger partial charge in [-0.2, -0.15) is 0 Å². The molecule has 0 saturated heterocycles. The van der Waals surface area contributed by atoms with Crippen LogP contribution in [0.1, 0.15) is 41.0 Å². The average molecular weight is 261 g/mol. The molecule has 0 aliphatic heterocycles. The molecule has 3 heteroatoms. The minimum atomic E-state index is -0.435. The number of aromatic nitrogens is 1. The number of rotatable bonds is 5. The van der Waals surface area contributed by atoms with Crippen LogP contribution in [0.2, 0.25) is 0 Å². The Balaban J connectivity index is 2.03. The Bertz CT molecular complexity index is 489. The van der Waals surface area contributed by atoms with Crippen LogP contribution < -0.4 is 0 Å². The van der Waals surface area contributed by atoms with Gasteiger partial charge in [0, 0.05) is 28.1 Å². The Hall–Kier alpha value is -1.19. The first-order valence-electron chi connectivity index (χ1n) is 6.43. The maximum absolute atomic E-state index is 10.2. The molecule has 2 nitrogen and oxygen atoms in total. The third kappa shape index (κ3) is 3.18. The van der Waals surface area contributed by atoms with Crippen molar-refractivity contribution in [3.8, 4) is 0 Å². The van der Waals surface area contributed by atoms with Gasteiger partial charge in [0.25, 0.3) is 0 Å². The Morgan fingerprint density at radius 3 is 2.56 bits per heavy atom. The van der Waals surface area contributed by atoms with E-state index in [-0.39, 0.29) is 0 Å². The summed E-state index contributed by atoms with van der Waals surface area (Å²) in [4.78, 5) is 6.74. The molecule has 1 N–H and O–H groups in total. The van der Waals surface area contributed by atoms with Crippen LogP contribution >= 0.6 is 11.3 Å². The minimum absolute atomic E-state index is 0.435. The van der Waals surface area contributed by atoms with Gasteiger partial charge in [0.1, 0.15) is 0 Å². The molecule has 18 heavy (non-hydrogen) atoms. The summed E-state index contributed by atoms with van der Waals surface area (Å²) in [5.74, 6) is 0. The average Bonchev–Trinajstić information content (AvgIpc) is 2.88. The van der Waals surface area contributed by atoms with Crippen molar-refractivity contribution in [2.45, 2.75) is 39.2 Å². The van der Waals surface area contributed by atoms with Gasteiger partial charge in [0.05, 0.1) is 6.10 Å². The quantitative estimate of drug-likeness (QED) is 0.893. The first-order chi connectivity index (χ1) is 8.72. The number of nitrogens with zero attached hydrogens (tertiary/aromatic N) is 1. The molecule has 0 radical (unpaired) electrons. The molecule has 0 aromatic carbocycles. The minimum Gasteiger partial charge on any atom is -0.387 e. The Morgan fingerprint density at radius 1 is 1.17 bits per heavy atom. The fourth-order valence-electron chi connectivity index (χ4n) is 1.85. The maximum Gasteiger partial charge on any atom is 0.0937 e. The number of hydrogen-bond acceptors (Lipinski definition) is 3. The number of thiophene rings is 1. The lowest BCUT2D eigenvalue weighted by Gasteiger charge is -2.08. The molecule has 2 aromatic rings. The third-order valence-corrected chi connectivity index (χ3v) is 4.39. The van der Waals surface area contributed by atoms with Gasteiger partial charge in [-0.3, -0.25) is 4.98 Å². The predicted octanol–water partition coefficient (Wildman–Crippen LogP) is 3.54. The fourth-order valence-corrected chi connectivity index (χ4v) is 2.79. The Kier molecular flexibility index (Phi) is 4.50. The van der Waals surface area contributed by atoms with E-state index in [1.165, 1.54) is 10.4 Å². The first-order valence-corrected chi connectivity index (χ1v) is 7.25. The number of aliphatic hydroxyl groups is 1. The van der Waals surface area contributed by atoms with Gasteiger partial charge in [-0.05, 0) is 36.6 Å². The van der Waals surface area contributed by atoms with Crippen LogP contribution in [0.25, 0.3) is 0 Å². The molecule has 1 unspecified atom stereocenters. The lowest BCUT2D eigenvalue weighted by molar-refractivity contribution is 0.181. The van der Waals surface area contributed by atoms with Gasteiger partial charge >= 0.3 is 0 Å². The van der Waals surface area contributed by atoms with Crippen LogP contribution in [0, 0.1) is 0 Å². The zero-order valence-electron chi connectivity index (χ0n) is 10.9. The molecule has 0 saturated carbocycles. The highest BCUT2D eigenvalue weighted by Crippen LogP contribution is 2.25. The van der Waals surface area contributed by atoms with Crippen molar-refractivity contribution in [1.29, 1.82) is 0 Å². The van der Waals surface area contributed by atoms with E-state index in [4.69, 9.17) is 0 Å². The Labute approximate surface area is 112 Å². The lowest BCUT2D eigenvalue weighted by atomic mass is 10.1. The molecule has 0 bridgehead atoms. The summed E-state index contributed by atoms with van der Waals surface area (Å²) in [6.07, 6.45) is 4.08. The Morgan fingerprint density at radius 2 is 2.00 bits per heavy atom. The summed E-state index contributed by atoms with van der Waals surface area (Å²) in [6, 6.07) is 8.21. The van der Waals surface area contributed by atoms with E-state index in [9.17, 15) is 5.11 Å². The van der Waals surface area contributed by atoms with E-state index >= 15 is 0 Å². The first kappa shape index (κ1) is 13.2. The van der Waals surface area contributed by atoms with E-state index in [0.29, 0.717) is 6.42 Å². The summed E-state index contributed by atoms with van der Waals surface area (Å²) in [7, 11) is 0. The maximum atomic E-state index is 10.2. The van der Waals surface area contributed by atoms with Gasteiger partial charge in [0.2, 0.25) is 0 Å². The van der Waals surface area contributed by atoms with Crippen molar-refractivity contribution >= 4 is 11.3 Å². The number of aryl methyl sites for hydroxylation is 2. The van der Waals surface area contributed by atoms with Crippen LogP contribution in [0.3, 0.4) is 0 Å². The fraction of sp³-hybridized carbons (Fsp3) is 0.400. The number of hydrogen-bond donors (Lipinski definition) is 1. The summed E-state index contributed by atoms with van der Waals surface area (Å²) < 4.78 is 0. The highest BCUT2D eigenvalue weighted by molar-refractivity contribution is 7.12. The topological polar surface area (TPSA) is 33.1 Å². The molecule has 2 heterocycles. The second kappa shape index (κ2) is 6.12. The summed E-state index contributed by atoms with van der Waals surface area (Å²) in [6.45, 7) is 4.25. The molecule has 96 valence electrons. The van der Waals surface area contributed by atoms with E-state index in [2.05, 4.69) is 31.0 Å². The van der Waals surface area contributed by atoms with Gasteiger partial charge in [0.15, 0.2) is 0 Å². The predicted molar refractivity (Wildman–Crippen MR) is 76.0 cm³/mol. The highest BCUT2D eigenvalue weighted by Gasteiger charge is 2.11. The van der Waals surface area contributed by atoms with Gasteiger partial charge in [-0.1, -0.05) is 19.9 Å². The summed E-state index contributed by atoms with van der Waals surface area (Å²) >= 11 is 1.69. The standard InChI is InChI=1S/C15H19NOS/c1-3-11-5-6-12(16-10-11)9-14(17)15-8-7-13(4-2)18-15/h5-8,10,14,17H,3-4,9H2,1-2H3. The van der Waals surface area contributed by atoms with Gasteiger partial charge in [-0.25, -0.2) is 0 Å². The molecular formula is C15H19NOS. The number of aliphatic hydroxyl groups excluding tert-OH is 1. The molecule has 0 amide bonds. The second-order valence-electron chi connectivity index (χ2n) is 4.39. The second-order valence-corrected chi connectivity index (χ2v) is 5.59. The molecule has 1 atom stereocenters.